The number of benzene rings is 1. The van der Waals surface area contributed by atoms with Gasteiger partial charge in [-0.3, -0.25) is 14.5 Å². The van der Waals surface area contributed by atoms with Crippen molar-refractivity contribution in [2.75, 3.05) is 26.2 Å². The van der Waals surface area contributed by atoms with Gasteiger partial charge >= 0.3 is 0 Å². The highest BCUT2D eigenvalue weighted by Crippen LogP contribution is 2.11. The summed E-state index contributed by atoms with van der Waals surface area (Å²) in [4.78, 5) is 30.2. The first-order chi connectivity index (χ1) is 13.1. The second-order valence-electron chi connectivity index (χ2n) is 6.96. The van der Waals surface area contributed by atoms with E-state index >= 15 is 0 Å². The number of hydrogen-bond acceptors (Lipinski definition) is 4. The maximum atomic E-state index is 12.6. The number of rotatable bonds is 7. The smallest absolute Gasteiger partial charge is 0.244 e. The molecule has 1 aliphatic rings. The lowest BCUT2D eigenvalue weighted by molar-refractivity contribution is -0.137. The number of aryl methyl sites for hydroxylation is 1. The number of hydrogen-bond donors (Lipinski definition) is 1. The van der Waals surface area contributed by atoms with Crippen molar-refractivity contribution in [3.63, 3.8) is 0 Å². The predicted octanol–water partition coefficient (Wildman–Crippen LogP) is 2.53. The van der Waals surface area contributed by atoms with Crippen LogP contribution in [0.4, 0.5) is 0 Å². The fraction of sp³-hybridized carbons (Fsp3) is 0.429. The minimum atomic E-state index is -0.471. The van der Waals surface area contributed by atoms with E-state index in [0.29, 0.717) is 19.5 Å². The van der Waals surface area contributed by atoms with Crippen LogP contribution in [0.25, 0.3) is 0 Å². The molecule has 0 radical (unpaired) electrons. The number of carbonyl (C=O) groups excluding carboxylic acids is 2. The van der Waals surface area contributed by atoms with E-state index in [9.17, 15) is 9.59 Å². The normalized spacial score (nSPS) is 16.1. The van der Waals surface area contributed by atoms with Crippen LogP contribution in [0, 0.1) is 0 Å². The topological polar surface area (TPSA) is 52.7 Å². The molecule has 0 aliphatic carbocycles. The van der Waals surface area contributed by atoms with Gasteiger partial charge in [0.15, 0.2) is 0 Å². The zero-order valence-corrected chi connectivity index (χ0v) is 16.6. The molecule has 1 fully saturated rings. The summed E-state index contributed by atoms with van der Waals surface area (Å²) < 4.78 is 0. The largest absolute Gasteiger partial charge is 0.345 e. The molecule has 5 nitrogen and oxygen atoms in total. The van der Waals surface area contributed by atoms with Gasteiger partial charge in [-0.05, 0) is 30.4 Å². The molecule has 1 aromatic carbocycles. The van der Waals surface area contributed by atoms with Crippen LogP contribution in [0.1, 0.15) is 23.8 Å². The van der Waals surface area contributed by atoms with Gasteiger partial charge in [-0.25, -0.2) is 0 Å². The molecule has 1 aliphatic heterocycles. The Balaban J connectivity index is 1.39. The summed E-state index contributed by atoms with van der Waals surface area (Å²) in [5.41, 5.74) is 1.30. The molecule has 27 heavy (non-hydrogen) atoms. The van der Waals surface area contributed by atoms with Gasteiger partial charge in [0.2, 0.25) is 11.8 Å². The van der Waals surface area contributed by atoms with Crippen LogP contribution < -0.4 is 5.32 Å². The standard InChI is InChI=1S/C21H27N3O2S/c1-17(22-20(25)10-9-19-8-5-15-27-19)21(26)24-13-11-23(12-14-24)16-18-6-3-2-4-7-18/h2-8,15,17H,9-14,16H2,1H3,(H,22,25)/t17-/m1/s1. The van der Waals surface area contributed by atoms with Crippen molar-refractivity contribution in [2.24, 2.45) is 0 Å². The van der Waals surface area contributed by atoms with Gasteiger partial charge in [0.05, 0.1) is 0 Å². The summed E-state index contributed by atoms with van der Waals surface area (Å²) in [6.45, 7) is 5.83. The zero-order chi connectivity index (χ0) is 19.1. The first-order valence-corrected chi connectivity index (χ1v) is 10.4. The maximum Gasteiger partial charge on any atom is 0.244 e. The number of carbonyl (C=O) groups is 2. The lowest BCUT2D eigenvalue weighted by Crippen LogP contribution is -2.53. The van der Waals surface area contributed by atoms with Crippen molar-refractivity contribution in [3.05, 3.63) is 58.3 Å². The number of nitrogens with one attached hydrogen (secondary N) is 1. The summed E-state index contributed by atoms with van der Waals surface area (Å²) in [7, 11) is 0. The van der Waals surface area contributed by atoms with Crippen molar-refractivity contribution in [1.82, 2.24) is 15.1 Å². The first kappa shape index (κ1) is 19.6. The van der Waals surface area contributed by atoms with Gasteiger partial charge in [0, 0.05) is 44.0 Å². The molecule has 0 unspecified atom stereocenters. The fourth-order valence-corrected chi connectivity index (χ4v) is 4.02. The third kappa shape index (κ3) is 5.91. The number of nitrogens with zero attached hydrogens (tertiary/aromatic N) is 2. The van der Waals surface area contributed by atoms with Gasteiger partial charge in [0.25, 0.3) is 0 Å². The molecule has 1 aromatic heterocycles. The second kappa shape index (κ2) is 9.67. The summed E-state index contributed by atoms with van der Waals surface area (Å²) in [6.07, 6.45) is 1.14. The van der Waals surface area contributed by atoms with E-state index in [1.54, 1.807) is 18.3 Å². The molecule has 144 valence electrons. The summed E-state index contributed by atoms with van der Waals surface area (Å²) in [6, 6.07) is 13.9. The molecule has 6 heteroatoms. The third-order valence-electron chi connectivity index (χ3n) is 4.86. The van der Waals surface area contributed by atoms with E-state index < -0.39 is 6.04 Å². The molecule has 0 spiro atoms. The quantitative estimate of drug-likeness (QED) is 0.797. The van der Waals surface area contributed by atoms with Crippen LogP contribution in [0.3, 0.4) is 0 Å². The van der Waals surface area contributed by atoms with Crippen molar-refractivity contribution in [2.45, 2.75) is 32.4 Å². The third-order valence-corrected chi connectivity index (χ3v) is 5.80. The Bertz CT molecular complexity index is 725. The Kier molecular flexibility index (Phi) is 7.01. The van der Waals surface area contributed by atoms with Crippen LogP contribution in [-0.2, 0) is 22.6 Å². The number of piperazine rings is 1. The van der Waals surface area contributed by atoms with E-state index in [-0.39, 0.29) is 11.8 Å². The lowest BCUT2D eigenvalue weighted by atomic mass is 10.2. The van der Waals surface area contributed by atoms with Crippen LogP contribution in [0.15, 0.2) is 47.8 Å². The predicted molar refractivity (Wildman–Crippen MR) is 109 cm³/mol. The van der Waals surface area contributed by atoms with Crippen molar-refractivity contribution < 1.29 is 9.59 Å². The number of thiophene rings is 1. The summed E-state index contributed by atoms with van der Waals surface area (Å²) in [5.74, 6) is -0.0502. The minimum absolute atomic E-state index is 0.0128. The van der Waals surface area contributed by atoms with Gasteiger partial charge in [-0.2, -0.15) is 0 Å². The zero-order valence-electron chi connectivity index (χ0n) is 15.8. The van der Waals surface area contributed by atoms with Gasteiger partial charge < -0.3 is 10.2 Å². The molecule has 3 rings (SSSR count). The van der Waals surface area contributed by atoms with E-state index in [1.165, 1.54) is 10.4 Å². The monoisotopic (exact) mass is 385 g/mol. The van der Waals surface area contributed by atoms with Crippen molar-refractivity contribution in [1.29, 1.82) is 0 Å². The molecule has 0 saturated carbocycles. The van der Waals surface area contributed by atoms with Crippen LogP contribution in [-0.4, -0.2) is 53.8 Å². The SMILES string of the molecule is C[C@@H](NC(=O)CCc1cccs1)C(=O)N1CCN(Cc2ccccc2)CC1. The van der Waals surface area contributed by atoms with Gasteiger partial charge in [-0.1, -0.05) is 36.4 Å². The Labute approximate surface area is 165 Å². The van der Waals surface area contributed by atoms with E-state index in [2.05, 4.69) is 34.5 Å². The molecule has 0 bridgehead atoms. The highest BCUT2D eigenvalue weighted by molar-refractivity contribution is 7.09. The molecule has 1 atom stereocenters. The Morgan fingerprint density at radius 3 is 2.48 bits per heavy atom. The van der Waals surface area contributed by atoms with E-state index in [1.807, 2.05) is 28.5 Å². The van der Waals surface area contributed by atoms with E-state index in [4.69, 9.17) is 0 Å². The Morgan fingerprint density at radius 1 is 1.07 bits per heavy atom. The summed E-state index contributed by atoms with van der Waals surface area (Å²) >= 11 is 1.65. The molecule has 1 N–H and O–H groups in total. The highest BCUT2D eigenvalue weighted by Gasteiger charge is 2.25. The average molecular weight is 386 g/mol. The Morgan fingerprint density at radius 2 is 1.81 bits per heavy atom. The first-order valence-electron chi connectivity index (χ1n) is 9.48. The highest BCUT2D eigenvalue weighted by atomic mass is 32.1. The molecule has 1 saturated heterocycles. The lowest BCUT2D eigenvalue weighted by Gasteiger charge is -2.36. The Hall–Kier alpha value is -2.18. The van der Waals surface area contributed by atoms with Crippen LogP contribution in [0.5, 0.6) is 0 Å². The summed E-state index contributed by atoms with van der Waals surface area (Å²) in [5, 5.41) is 4.86. The second-order valence-corrected chi connectivity index (χ2v) is 7.99. The number of amides is 2. The molecular weight excluding hydrogens is 358 g/mol. The maximum absolute atomic E-state index is 12.6. The van der Waals surface area contributed by atoms with E-state index in [0.717, 1.165) is 26.1 Å². The molecule has 2 amide bonds. The van der Waals surface area contributed by atoms with Crippen molar-refractivity contribution >= 4 is 23.2 Å². The molecule has 2 aromatic rings. The minimum Gasteiger partial charge on any atom is -0.345 e. The van der Waals surface area contributed by atoms with Gasteiger partial charge in [-0.15, -0.1) is 11.3 Å². The van der Waals surface area contributed by atoms with Crippen molar-refractivity contribution in [3.8, 4) is 0 Å². The fourth-order valence-electron chi connectivity index (χ4n) is 3.31. The molecule has 2 heterocycles. The van der Waals surface area contributed by atoms with Crippen LogP contribution >= 0.6 is 11.3 Å². The van der Waals surface area contributed by atoms with Gasteiger partial charge in [0.1, 0.15) is 6.04 Å². The molecular formula is C21H27N3O2S. The average Bonchev–Trinajstić information content (AvgIpc) is 3.21. The van der Waals surface area contributed by atoms with Crippen LogP contribution in [0.2, 0.25) is 0 Å².